The lowest BCUT2D eigenvalue weighted by Gasteiger charge is -2.31. The van der Waals surface area contributed by atoms with Crippen molar-refractivity contribution in [3.8, 4) is 0 Å². The normalized spacial score (nSPS) is 15.2. The molecule has 6 nitrogen and oxygen atoms in total. The highest BCUT2D eigenvalue weighted by Gasteiger charge is 2.17. The Morgan fingerprint density at radius 1 is 1.21 bits per heavy atom. The maximum atomic E-state index is 11.7. The molecule has 1 saturated heterocycles. The van der Waals surface area contributed by atoms with Gasteiger partial charge in [0.2, 0.25) is 10.0 Å². The second-order valence-electron chi connectivity index (χ2n) is 7.04. The number of rotatable bonds is 8. The average Bonchev–Trinajstić information content (AvgIpc) is 2.67. The number of aliphatic imine (C=N–C) groups is 1. The monoisotopic (exact) mass is 534 g/mol. The zero-order chi connectivity index (χ0) is 20.4. The van der Waals surface area contributed by atoms with Gasteiger partial charge in [0.25, 0.3) is 0 Å². The molecule has 0 aromatic heterocycles. The van der Waals surface area contributed by atoms with E-state index in [1.165, 1.54) is 21.7 Å². The molecule has 1 heterocycles. The Morgan fingerprint density at radius 2 is 1.86 bits per heavy atom. The van der Waals surface area contributed by atoms with Crippen LogP contribution in [0.4, 0.5) is 0 Å². The van der Waals surface area contributed by atoms with E-state index in [9.17, 15) is 8.42 Å². The maximum absolute atomic E-state index is 11.7. The zero-order valence-electron chi connectivity index (χ0n) is 17.8. The fourth-order valence-electron chi connectivity index (χ4n) is 3.35. The van der Waals surface area contributed by atoms with Crippen LogP contribution in [0.2, 0.25) is 0 Å². The van der Waals surface area contributed by atoms with Crippen LogP contribution in [0, 0.1) is 0 Å². The summed E-state index contributed by atoms with van der Waals surface area (Å²) in [5, 5.41) is 3.37. The van der Waals surface area contributed by atoms with Crippen LogP contribution in [0.5, 0.6) is 0 Å². The molecule has 29 heavy (non-hydrogen) atoms. The summed E-state index contributed by atoms with van der Waals surface area (Å²) in [6, 6.07) is 10.5. The van der Waals surface area contributed by atoms with Crippen molar-refractivity contribution >= 4 is 46.0 Å². The first-order chi connectivity index (χ1) is 13.4. The lowest BCUT2D eigenvalue weighted by atomic mass is 10.0. The molecule has 8 heteroatoms. The highest BCUT2D eigenvalue weighted by atomic mass is 127. The first-order valence-corrected chi connectivity index (χ1v) is 12.0. The van der Waals surface area contributed by atoms with E-state index in [-0.39, 0.29) is 24.0 Å². The summed E-state index contributed by atoms with van der Waals surface area (Å²) in [6.07, 6.45) is 6.36. The average molecular weight is 535 g/mol. The number of benzene rings is 1. The largest absolute Gasteiger partial charge is 0.357 e. The van der Waals surface area contributed by atoms with Gasteiger partial charge in [-0.05, 0) is 31.7 Å². The van der Waals surface area contributed by atoms with Crippen LogP contribution in [-0.2, 0) is 10.0 Å². The number of sulfonamides is 1. The number of likely N-dealkylation sites (tertiary alicyclic amines) is 1. The van der Waals surface area contributed by atoms with Gasteiger partial charge in [0.05, 0.1) is 6.26 Å². The summed E-state index contributed by atoms with van der Waals surface area (Å²) in [5.41, 5.74) is 2.74. The summed E-state index contributed by atoms with van der Waals surface area (Å²) >= 11 is 0. The van der Waals surface area contributed by atoms with Crippen LogP contribution in [0.3, 0.4) is 0 Å². The number of halogens is 1. The third-order valence-corrected chi connectivity index (χ3v) is 6.24. The number of guanidine groups is 1. The minimum Gasteiger partial charge on any atom is -0.357 e. The van der Waals surface area contributed by atoms with Gasteiger partial charge < -0.3 is 10.2 Å². The predicted octanol–water partition coefficient (Wildman–Crippen LogP) is 3.42. The molecule has 0 bridgehead atoms. The number of piperidine rings is 1. The van der Waals surface area contributed by atoms with E-state index in [1.807, 2.05) is 13.0 Å². The molecule has 164 valence electrons. The van der Waals surface area contributed by atoms with E-state index in [0.717, 1.165) is 44.9 Å². The zero-order valence-corrected chi connectivity index (χ0v) is 20.9. The van der Waals surface area contributed by atoms with Crippen molar-refractivity contribution in [3.05, 3.63) is 41.5 Å². The molecule has 0 aliphatic carbocycles. The Hall–Kier alpha value is -1.13. The van der Waals surface area contributed by atoms with Gasteiger partial charge >= 0.3 is 0 Å². The fraction of sp³-hybridized carbons (Fsp3) is 0.571. The summed E-state index contributed by atoms with van der Waals surface area (Å²) in [7, 11) is -3.13. The second-order valence-corrected chi connectivity index (χ2v) is 9.03. The Balaban J connectivity index is 0.00000420. The van der Waals surface area contributed by atoms with Crippen LogP contribution in [-0.4, -0.2) is 69.1 Å². The van der Waals surface area contributed by atoms with Gasteiger partial charge in [-0.1, -0.05) is 48.9 Å². The molecule has 1 fully saturated rings. The SMILES string of the molecule is CCNC(=NCCCN(CC)S(C)(=O)=O)N1CCC(=Cc2ccccc2)CC1.I. The Kier molecular flexibility index (Phi) is 11.8. The summed E-state index contributed by atoms with van der Waals surface area (Å²) in [5.74, 6) is 0.934. The first-order valence-electron chi connectivity index (χ1n) is 10.2. The molecule has 0 amide bonds. The molecule has 0 saturated carbocycles. The van der Waals surface area contributed by atoms with E-state index < -0.39 is 10.0 Å². The highest BCUT2D eigenvalue weighted by Crippen LogP contribution is 2.19. The molecule has 1 aromatic carbocycles. The molecule has 1 aliphatic heterocycles. The lowest BCUT2D eigenvalue weighted by Crippen LogP contribution is -2.44. The van der Waals surface area contributed by atoms with Crippen molar-refractivity contribution in [1.82, 2.24) is 14.5 Å². The van der Waals surface area contributed by atoms with Crippen LogP contribution < -0.4 is 5.32 Å². The summed E-state index contributed by atoms with van der Waals surface area (Å²) in [4.78, 5) is 7.03. The topological polar surface area (TPSA) is 65.0 Å². The van der Waals surface area contributed by atoms with E-state index >= 15 is 0 Å². The van der Waals surface area contributed by atoms with Crippen molar-refractivity contribution < 1.29 is 8.42 Å². The minimum atomic E-state index is -3.13. The number of nitrogens with one attached hydrogen (secondary N) is 1. The highest BCUT2D eigenvalue weighted by molar-refractivity contribution is 14.0. The van der Waals surface area contributed by atoms with Gasteiger partial charge in [0.15, 0.2) is 5.96 Å². The van der Waals surface area contributed by atoms with E-state index in [4.69, 9.17) is 4.99 Å². The van der Waals surface area contributed by atoms with Crippen molar-refractivity contribution in [2.24, 2.45) is 4.99 Å². The van der Waals surface area contributed by atoms with Crippen LogP contribution in [0.25, 0.3) is 6.08 Å². The molecule has 2 rings (SSSR count). The second kappa shape index (κ2) is 13.2. The summed E-state index contributed by atoms with van der Waals surface area (Å²) in [6.45, 7) is 8.31. The number of hydrogen-bond acceptors (Lipinski definition) is 3. The van der Waals surface area contributed by atoms with Crippen LogP contribution >= 0.6 is 24.0 Å². The van der Waals surface area contributed by atoms with Gasteiger partial charge in [-0.25, -0.2) is 12.7 Å². The van der Waals surface area contributed by atoms with Gasteiger partial charge in [0, 0.05) is 39.3 Å². The first kappa shape index (κ1) is 25.9. The third kappa shape index (κ3) is 9.04. The molecular formula is C21H35IN4O2S. The minimum absolute atomic E-state index is 0. The molecular weight excluding hydrogens is 499 g/mol. The summed E-state index contributed by atoms with van der Waals surface area (Å²) < 4.78 is 24.8. The van der Waals surface area contributed by atoms with Crippen LogP contribution in [0.1, 0.15) is 38.7 Å². The quantitative estimate of drug-likeness (QED) is 0.240. The Labute approximate surface area is 193 Å². The van der Waals surface area contributed by atoms with E-state index in [0.29, 0.717) is 19.6 Å². The Bertz CT molecular complexity index is 756. The molecule has 0 atom stereocenters. The molecule has 1 aliphatic rings. The molecule has 0 unspecified atom stereocenters. The molecule has 1 aromatic rings. The van der Waals surface area contributed by atoms with Gasteiger partial charge in [-0.3, -0.25) is 4.99 Å². The van der Waals surface area contributed by atoms with E-state index in [1.54, 1.807) is 0 Å². The van der Waals surface area contributed by atoms with Gasteiger partial charge in [-0.2, -0.15) is 0 Å². The lowest BCUT2D eigenvalue weighted by molar-refractivity contribution is 0.374. The van der Waals surface area contributed by atoms with Gasteiger partial charge in [0.1, 0.15) is 0 Å². The van der Waals surface area contributed by atoms with Crippen molar-refractivity contribution in [2.75, 3.05) is 45.5 Å². The smallest absolute Gasteiger partial charge is 0.211 e. The fourth-order valence-corrected chi connectivity index (χ4v) is 4.28. The Morgan fingerprint density at radius 3 is 2.41 bits per heavy atom. The standard InChI is InChI=1S/C21H34N4O2S.HI/c1-4-22-21(23-14-9-15-25(5-2)28(3,26)27)24-16-12-20(13-17-24)18-19-10-7-6-8-11-19;/h6-8,10-11,18H,4-5,9,12-17H2,1-3H3,(H,22,23);1H. The molecule has 1 N–H and O–H groups in total. The van der Waals surface area contributed by atoms with Crippen molar-refractivity contribution in [1.29, 1.82) is 0 Å². The predicted molar refractivity (Wildman–Crippen MR) is 133 cm³/mol. The maximum Gasteiger partial charge on any atom is 0.211 e. The van der Waals surface area contributed by atoms with Crippen LogP contribution in [0.15, 0.2) is 40.9 Å². The van der Waals surface area contributed by atoms with E-state index in [2.05, 4.69) is 47.5 Å². The van der Waals surface area contributed by atoms with Crippen molar-refractivity contribution in [3.63, 3.8) is 0 Å². The van der Waals surface area contributed by atoms with Gasteiger partial charge in [-0.15, -0.1) is 24.0 Å². The number of nitrogens with zero attached hydrogens (tertiary/aromatic N) is 3. The molecule has 0 spiro atoms. The van der Waals surface area contributed by atoms with Crippen molar-refractivity contribution in [2.45, 2.75) is 33.1 Å². The third-order valence-electron chi connectivity index (χ3n) is 4.86. The molecule has 0 radical (unpaired) electrons. The number of hydrogen-bond donors (Lipinski definition) is 1.